The van der Waals surface area contributed by atoms with Gasteiger partial charge in [-0.2, -0.15) is 0 Å². The van der Waals surface area contributed by atoms with Crippen LogP contribution < -0.4 is 0 Å². The number of rotatable bonds is 2. The summed E-state index contributed by atoms with van der Waals surface area (Å²) >= 11 is 0. The van der Waals surface area contributed by atoms with Crippen molar-refractivity contribution < 1.29 is 5.11 Å². The summed E-state index contributed by atoms with van der Waals surface area (Å²) in [6.07, 6.45) is 0. The molecule has 0 fully saturated rings. The summed E-state index contributed by atoms with van der Waals surface area (Å²) in [6.45, 7) is -0.0614. The summed E-state index contributed by atoms with van der Waals surface area (Å²) in [4.78, 5) is 12.0. The molecule has 0 saturated heterocycles. The molecular formula is C13H11N3O. The molecule has 2 heterocycles. The molecule has 3 rings (SSSR count). The topological polar surface area (TPSA) is 61.8 Å². The van der Waals surface area contributed by atoms with Crippen LogP contribution >= 0.6 is 0 Å². The van der Waals surface area contributed by atoms with Crippen LogP contribution in [-0.2, 0) is 6.61 Å². The van der Waals surface area contributed by atoms with E-state index in [0.717, 1.165) is 22.6 Å². The Morgan fingerprint density at radius 3 is 2.71 bits per heavy atom. The molecule has 0 atom stereocenters. The average molecular weight is 225 g/mol. The molecule has 0 bridgehead atoms. The summed E-state index contributed by atoms with van der Waals surface area (Å²) in [5.41, 5.74) is 3.29. The van der Waals surface area contributed by atoms with E-state index in [4.69, 9.17) is 5.11 Å². The number of benzene rings is 1. The summed E-state index contributed by atoms with van der Waals surface area (Å²) < 4.78 is 0. The third-order valence-corrected chi connectivity index (χ3v) is 2.60. The molecule has 17 heavy (non-hydrogen) atoms. The van der Waals surface area contributed by atoms with E-state index in [1.807, 2.05) is 36.4 Å². The van der Waals surface area contributed by atoms with Crippen molar-refractivity contribution in [3.05, 3.63) is 48.2 Å². The Balaban J connectivity index is 2.13. The minimum Gasteiger partial charge on any atom is -0.390 e. The molecule has 0 aliphatic rings. The molecule has 2 N–H and O–H groups in total. The third kappa shape index (κ3) is 1.79. The fraction of sp³-hybridized carbons (Fsp3) is 0.0769. The van der Waals surface area contributed by atoms with Crippen LogP contribution in [0.15, 0.2) is 42.5 Å². The number of hydrogen-bond donors (Lipinski definition) is 2. The van der Waals surface area contributed by atoms with Gasteiger partial charge >= 0.3 is 0 Å². The highest BCUT2D eigenvalue weighted by molar-refractivity contribution is 5.78. The fourth-order valence-electron chi connectivity index (χ4n) is 1.77. The van der Waals surface area contributed by atoms with E-state index in [9.17, 15) is 0 Å². The van der Waals surface area contributed by atoms with Crippen molar-refractivity contribution in [3.63, 3.8) is 0 Å². The lowest BCUT2D eigenvalue weighted by Gasteiger charge is -1.98. The van der Waals surface area contributed by atoms with Crippen molar-refractivity contribution in [1.29, 1.82) is 0 Å². The number of aliphatic hydroxyl groups excluding tert-OH is 1. The lowest BCUT2D eigenvalue weighted by Crippen LogP contribution is -1.92. The molecule has 0 aliphatic carbocycles. The van der Waals surface area contributed by atoms with Gasteiger partial charge < -0.3 is 10.1 Å². The molecule has 0 spiro atoms. The summed E-state index contributed by atoms with van der Waals surface area (Å²) in [6, 6.07) is 13.4. The van der Waals surface area contributed by atoms with Gasteiger partial charge in [-0.15, -0.1) is 0 Å². The first-order valence-electron chi connectivity index (χ1n) is 5.39. The largest absolute Gasteiger partial charge is 0.390 e. The van der Waals surface area contributed by atoms with Gasteiger partial charge in [0.15, 0.2) is 5.82 Å². The molecule has 4 heteroatoms. The molecule has 2 aromatic heterocycles. The number of para-hydroxylation sites is 2. The van der Waals surface area contributed by atoms with E-state index in [2.05, 4.69) is 15.0 Å². The molecule has 0 saturated carbocycles. The van der Waals surface area contributed by atoms with Crippen molar-refractivity contribution in [2.75, 3.05) is 0 Å². The lowest BCUT2D eigenvalue weighted by molar-refractivity contribution is 0.277. The van der Waals surface area contributed by atoms with Crippen LogP contribution in [0.3, 0.4) is 0 Å². The van der Waals surface area contributed by atoms with Crippen LogP contribution in [0.4, 0.5) is 0 Å². The minimum atomic E-state index is -0.0614. The summed E-state index contributed by atoms with van der Waals surface area (Å²) in [7, 11) is 0. The van der Waals surface area contributed by atoms with Gasteiger partial charge in [-0.1, -0.05) is 18.2 Å². The number of aromatic amines is 1. The van der Waals surface area contributed by atoms with E-state index in [0.29, 0.717) is 5.69 Å². The third-order valence-electron chi connectivity index (χ3n) is 2.60. The molecule has 0 aliphatic heterocycles. The number of fused-ring (bicyclic) bond motifs is 1. The number of aromatic nitrogens is 3. The van der Waals surface area contributed by atoms with E-state index >= 15 is 0 Å². The highest BCUT2D eigenvalue weighted by atomic mass is 16.3. The van der Waals surface area contributed by atoms with Crippen molar-refractivity contribution in [2.45, 2.75) is 6.61 Å². The first kappa shape index (κ1) is 9.99. The van der Waals surface area contributed by atoms with Gasteiger partial charge in [-0.3, -0.25) is 0 Å². The van der Waals surface area contributed by atoms with Crippen LogP contribution in [-0.4, -0.2) is 20.1 Å². The number of aliphatic hydroxyl groups is 1. The standard InChI is InChI=1S/C13H11N3O/c17-8-9-4-3-7-12(14-9)13-15-10-5-1-2-6-11(10)16-13/h1-7,17H,8H2,(H,15,16). The van der Waals surface area contributed by atoms with Crippen LogP contribution in [0.25, 0.3) is 22.6 Å². The summed E-state index contributed by atoms with van der Waals surface area (Å²) in [5, 5.41) is 9.06. The first-order chi connectivity index (χ1) is 8.36. The number of hydrogen-bond acceptors (Lipinski definition) is 3. The Morgan fingerprint density at radius 1 is 1.00 bits per heavy atom. The number of pyridine rings is 1. The van der Waals surface area contributed by atoms with Crippen LogP contribution in [0, 0.1) is 0 Å². The van der Waals surface area contributed by atoms with E-state index < -0.39 is 0 Å². The highest BCUT2D eigenvalue weighted by Gasteiger charge is 2.06. The van der Waals surface area contributed by atoms with Gasteiger partial charge in [0.2, 0.25) is 0 Å². The first-order valence-corrected chi connectivity index (χ1v) is 5.39. The van der Waals surface area contributed by atoms with Crippen molar-refractivity contribution in [2.24, 2.45) is 0 Å². The van der Waals surface area contributed by atoms with Crippen LogP contribution in [0.5, 0.6) is 0 Å². The molecule has 0 amide bonds. The number of nitrogens with one attached hydrogen (secondary N) is 1. The van der Waals surface area contributed by atoms with Gasteiger partial charge in [0, 0.05) is 0 Å². The van der Waals surface area contributed by atoms with Gasteiger partial charge in [0.05, 0.1) is 23.3 Å². The maximum atomic E-state index is 9.06. The van der Waals surface area contributed by atoms with Crippen molar-refractivity contribution in [1.82, 2.24) is 15.0 Å². The molecule has 0 unspecified atom stereocenters. The van der Waals surface area contributed by atoms with Gasteiger partial charge in [0.25, 0.3) is 0 Å². The Kier molecular flexibility index (Phi) is 2.34. The number of nitrogens with zero attached hydrogens (tertiary/aromatic N) is 2. The normalized spacial score (nSPS) is 10.9. The Morgan fingerprint density at radius 2 is 1.88 bits per heavy atom. The van der Waals surface area contributed by atoms with Crippen LogP contribution in [0.2, 0.25) is 0 Å². The average Bonchev–Trinajstić information content (AvgIpc) is 2.82. The molecule has 1 aromatic carbocycles. The van der Waals surface area contributed by atoms with E-state index in [-0.39, 0.29) is 6.61 Å². The smallest absolute Gasteiger partial charge is 0.157 e. The Bertz CT molecular complexity index is 627. The zero-order valence-corrected chi connectivity index (χ0v) is 9.09. The molecular weight excluding hydrogens is 214 g/mol. The number of imidazole rings is 1. The lowest BCUT2D eigenvalue weighted by atomic mass is 10.3. The van der Waals surface area contributed by atoms with Gasteiger partial charge in [0.1, 0.15) is 5.69 Å². The molecule has 0 radical (unpaired) electrons. The SMILES string of the molecule is OCc1cccc(-c2nc3ccccc3[nH]2)n1. The highest BCUT2D eigenvalue weighted by Crippen LogP contribution is 2.18. The predicted octanol–water partition coefficient (Wildman–Crippen LogP) is 2.12. The zero-order valence-electron chi connectivity index (χ0n) is 9.09. The van der Waals surface area contributed by atoms with Crippen molar-refractivity contribution >= 4 is 11.0 Å². The second-order valence-corrected chi connectivity index (χ2v) is 3.77. The predicted molar refractivity (Wildman–Crippen MR) is 65.2 cm³/mol. The van der Waals surface area contributed by atoms with E-state index in [1.54, 1.807) is 6.07 Å². The minimum absolute atomic E-state index is 0.0614. The van der Waals surface area contributed by atoms with Crippen LogP contribution in [0.1, 0.15) is 5.69 Å². The molecule has 4 nitrogen and oxygen atoms in total. The summed E-state index contributed by atoms with van der Waals surface area (Å²) in [5.74, 6) is 0.724. The van der Waals surface area contributed by atoms with Gasteiger partial charge in [-0.05, 0) is 24.3 Å². The second kappa shape index (κ2) is 3.99. The maximum Gasteiger partial charge on any atom is 0.157 e. The van der Waals surface area contributed by atoms with Crippen molar-refractivity contribution in [3.8, 4) is 11.5 Å². The molecule has 3 aromatic rings. The fourth-order valence-corrected chi connectivity index (χ4v) is 1.77. The Labute approximate surface area is 98.0 Å². The molecule has 84 valence electrons. The maximum absolute atomic E-state index is 9.06. The van der Waals surface area contributed by atoms with Gasteiger partial charge in [-0.25, -0.2) is 9.97 Å². The Hall–Kier alpha value is -2.20. The van der Waals surface area contributed by atoms with E-state index in [1.165, 1.54) is 0 Å². The number of H-pyrrole nitrogens is 1. The second-order valence-electron chi connectivity index (χ2n) is 3.77. The zero-order chi connectivity index (χ0) is 11.7. The quantitative estimate of drug-likeness (QED) is 0.702. The monoisotopic (exact) mass is 225 g/mol.